The third-order valence-electron chi connectivity index (χ3n) is 4.24. The Bertz CT molecular complexity index is 790. The van der Waals surface area contributed by atoms with Gasteiger partial charge in [0.2, 0.25) is 0 Å². The molecule has 1 aliphatic rings. The van der Waals surface area contributed by atoms with Crippen LogP contribution in [0.2, 0.25) is 0 Å². The Balaban J connectivity index is 0.00000243. The number of fused-ring (bicyclic) bond motifs is 1. The summed E-state index contributed by atoms with van der Waals surface area (Å²) < 4.78 is 6.45. The molecule has 2 aromatic rings. The first-order valence-corrected chi connectivity index (χ1v) is 9.26. The summed E-state index contributed by atoms with van der Waals surface area (Å²) in [4.78, 5) is 25.9. The zero-order chi connectivity index (χ0) is 17.8. The van der Waals surface area contributed by atoms with Gasteiger partial charge in [-0.3, -0.25) is 14.9 Å². The highest BCUT2D eigenvalue weighted by atomic mass is 35.5. The standard InChI is InChI=1S/C17H21N3O4S.ClH/c1-2-24-15-13-11-12(20(22)23)5-6-14(13)25-16(15)17(21)18-7-10-19-8-3-4-9-19;/h5-6,11H,2-4,7-10H2,1H3,(H,18,21);1H. The van der Waals surface area contributed by atoms with Gasteiger partial charge in [-0.25, -0.2) is 0 Å². The summed E-state index contributed by atoms with van der Waals surface area (Å²) in [7, 11) is 0. The molecule has 9 heteroatoms. The van der Waals surface area contributed by atoms with Gasteiger partial charge in [0, 0.05) is 35.3 Å². The second kappa shape index (κ2) is 9.16. The maximum Gasteiger partial charge on any atom is 0.270 e. The number of hydrogen-bond acceptors (Lipinski definition) is 6. The average molecular weight is 400 g/mol. The lowest BCUT2D eigenvalue weighted by molar-refractivity contribution is -0.384. The zero-order valence-electron chi connectivity index (χ0n) is 14.5. The Morgan fingerprint density at radius 1 is 1.38 bits per heavy atom. The highest BCUT2D eigenvalue weighted by molar-refractivity contribution is 7.21. The van der Waals surface area contributed by atoms with E-state index >= 15 is 0 Å². The van der Waals surface area contributed by atoms with Crippen LogP contribution in [0.1, 0.15) is 29.4 Å². The van der Waals surface area contributed by atoms with Gasteiger partial charge >= 0.3 is 0 Å². The molecule has 142 valence electrons. The van der Waals surface area contributed by atoms with Gasteiger partial charge in [-0.1, -0.05) is 0 Å². The molecule has 3 rings (SSSR count). The van der Waals surface area contributed by atoms with Crippen molar-refractivity contribution in [2.75, 3.05) is 32.8 Å². The first-order chi connectivity index (χ1) is 12.1. The summed E-state index contributed by atoms with van der Waals surface area (Å²) in [5, 5.41) is 14.6. The van der Waals surface area contributed by atoms with Crippen molar-refractivity contribution < 1.29 is 14.5 Å². The lowest BCUT2D eigenvalue weighted by Crippen LogP contribution is -2.33. The van der Waals surface area contributed by atoms with Crippen molar-refractivity contribution in [3.05, 3.63) is 33.2 Å². The van der Waals surface area contributed by atoms with Crippen molar-refractivity contribution >= 4 is 45.4 Å². The van der Waals surface area contributed by atoms with Gasteiger partial charge in [-0.2, -0.15) is 0 Å². The van der Waals surface area contributed by atoms with Crippen LogP contribution in [0, 0.1) is 10.1 Å². The Labute approximate surface area is 161 Å². The van der Waals surface area contributed by atoms with Crippen molar-refractivity contribution in [3.8, 4) is 5.75 Å². The molecule has 1 amide bonds. The van der Waals surface area contributed by atoms with Gasteiger partial charge in [0.15, 0.2) is 5.75 Å². The molecule has 7 nitrogen and oxygen atoms in total. The first kappa shape index (κ1) is 20.4. The number of hydrogen-bond donors (Lipinski definition) is 1. The van der Waals surface area contributed by atoms with Gasteiger partial charge in [0.05, 0.1) is 11.5 Å². The van der Waals surface area contributed by atoms with E-state index in [0.717, 1.165) is 24.3 Å². The Hall–Kier alpha value is -1.90. The molecule has 0 unspecified atom stereocenters. The fraction of sp³-hybridized carbons (Fsp3) is 0.471. The van der Waals surface area contributed by atoms with Gasteiger partial charge in [0.1, 0.15) is 4.88 Å². The minimum Gasteiger partial charge on any atom is -0.491 e. The molecule has 0 saturated carbocycles. The molecule has 1 N–H and O–H groups in total. The van der Waals surface area contributed by atoms with Crippen LogP contribution < -0.4 is 10.1 Å². The highest BCUT2D eigenvalue weighted by Gasteiger charge is 2.22. The van der Waals surface area contributed by atoms with Gasteiger partial charge in [-0.15, -0.1) is 23.7 Å². The fourth-order valence-electron chi connectivity index (χ4n) is 3.03. The van der Waals surface area contributed by atoms with Crippen LogP contribution in [0.5, 0.6) is 5.75 Å². The molecule has 2 heterocycles. The minimum absolute atomic E-state index is 0. The summed E-state index contributed by atoms with van der Waals surface area (Å²) in [6.07, 6.45) is 2.44. The number of thiophene rings is 1. The van der Waals surface area contributed by atoms with E-state index in [9.17, 15) is 14.9 Å². The molecule has 0 bridgehead atoms. The Kier molecular flexibility index (Phi) is 7.19. The summed E-state index contributed by atoms with van der Waals surface area (Å²) in [5.74, 6) is 0.247. The maximum atomic E-state index is 12.6. The quantitative estimate of drug-likeness (QED) is 0.569. The highest BCUT2D eigenvalue weighted by Crippen LogP contribution is 2.39. The van der Waals surface area contributed by atoms with E-state index in [4.69, 9.17) is 4.74 Å². The number of non-ortho nitro benzene ring substituents is 1. The van der Waals surface area contributed by atoms with Crippen molar-refractivity contribution in [1.82, 2.24) is 10.2 Å². The van der Waals surface area contributed by atoms with Crippen LogP contribution in [-0.2, 0) is 0 Å². The number of nitrogens with one attached hydrogen (secondary N) is 1. The summed E-state index contributed by atoms with van der Waals surface area (Å²) in [6, 6.07) is 4.59. The van der Waals surface area contributed by atoms with Gasteiger partial charge < -0.3 is 15.0 Å². The van der Waals surface area contributed by atoms with Crippen molar-refractivity contribution in [2.24, 2.45) is 0 Å². The molecule has 0 atom stereocenters. The molecule has 0 radical (unpaired) electrons. The van der Waals surface area contributed by atoms with Crippen molar-refractivity contribution in [2.45, 2.75) is 19.8 Å². The lowest BCUT2D eigenvalue weighted by Gasteiger charge is -2.14. The molecule has 1 aromatic heterocycles. The Morgan fingerprint density at radius 3 is 2.77 bits per heavy atom. The van der Waals surface area contributed by atoms with Crippen LogP contribution in [0.4, 0.5) is 5.69 Å². The number of carbonyl (C=O) groups excluding carboxylic acids is 1. The van der Waals surface area contributed by atoms with E-state index in [1.54, 1.807) is 6.07 Å². The van der Waals surface area contributed by atoms with E-state index in [-0.39, 0.29) is 24.0 Å². The topological polar surface area (TPSA) is 84.7 Å². The predicted molar refractivity (Wildman–Crippen MR) is 105 cm³/mol. The molecule has 26 heavy (non-hydrogen) atoms. The molecule has 1 fully saturated rings. The molecule has 1 saturated heterocycles. The smallest absolute Gasteiger partial charge is 0.270 e. The Morgan fingerprint density at radius 2 is 2.12 bits per heavy atom. The second-order valence-corrected chi connectivity index (χ2v) is 6.99. The summed E-state index contributed by atoms with van der Waals surface area (Å²) in [5.41, 5.74) is -0.00718. The van der Waals surface area contributed by atoms with E-state index < -0.39 is 4.92 Å². The number of halogens is 1. The molecule has 0 aliphatic carbocycles. The predicted octanol–water partition coefficient (Wildman–Crippen LogP) is 3.46. The third kappa shape index (κ3) is 4.44. The largest absolute Gasteiger partial charge is 0.491 e. The minimum atomic E-state index is -0.442. The number of ether oxygens (including phenoxy) is 1. The molecular weight excluding hydrogens is 378 g/mol. The summed E-state index contributed by atoms with van der Waals surface area (Å²) >= 11 is 1.30. The maximum absolute atomic E-state index is 12.6. The number of amides is 1. The molecule has 1 aromatic carbocycles. The number of benzene rings is 1. The molecular formula is C17H22ClN3O4S. The first-order valence-electron chi connectivity index (χ1n) is 8.44. The van der Waals surface area contributed by atoms with Crippen LogP contribution in [-0.4, -0.2) is 48.5 Å². The van der Waals surface area contributed by atoms with Gasteiger partial charge in [-0.05, 0) is 38.9 Å². The van der Waals surface area contributed by atoms with Crippen LogP contribution in [0.25, 0.3) is 10.1 Å². The van der Waals surface area contributed by atoms with E-state index in [0.29, 0.717) is 29.2 Å². The van der Waals surface area contributed by atoms with E-state index in [1.807, 2.05) is 6.92 Å². The monoisotopic (exact) mass is 399 g/mol. The van der Waals surface area contributed by atoms with E-state index in [1.165, 1.54) is 36.3 Å². The lowest BCUT2D eigenvalue weighted by atomic mass is 10.2. The third-order valence-corrected chi connectivity index (χ3v) is 5.39. The number of nitrogens with zero attached hydrogens (tertiary/aromatic N) is 2. The molecule has 1 aliphatic heterocycles. The summed E-state index contributed by atoms with van der Waals surface area (Å²) in [6.45, 7) is 5.82. The van der Waals surface area contributed by atoms with Crippen LogP contribution in [0.15, 0.2) is 18.2 Å². The number of nitro groups is 1. The zero-order valence-corrected chi connectivity index (χ0v) is 16.2. The normalized spacial score (nSPS) is 14.2. The number of likely N-dealkylation sites (tertiary alicyclic amines) is 1. The van der Waals surface area contributed by atoms with Gasteiger partial charge in [0.25, 0.3) is 11.6 Å². The average Bonchev–Trinajstić information content (AvgIpc) is 3.23. The number of carbonyl (C=O) groups is 1. The van der Waals surface area contributed by atoms with Crippen molar-refractivity contribution in [1.29, 1.82) is 0 Å². The fourth-order valence-corrected chi connectivity index (χ4v) is 4.07. The SMILES string of the molecule is CCOc1c(C(=O)NCCN2CCCC2)sc2ccc([N+](=O)[O-])cc12.Cl. The number of rotatable bonds is 7. The van der Waals surface area contributed by atoms with E-state index in [2.05, 4.69) is 10.2 Å². The second-order valence-electron chi connectivity index (χ2n) is 5.94. The van der Waals surface area contributed by atoms with Crippen molar-refractivity contribution in [3.63, 3.8) is 0 Å². The van der Waals surface area contributed by atoms with Crippen LogP contribution >= 0.6 is 23.7 Å². The van der Waals surface area contributed by atoms with Crippen LogP contribution in [0.3, 0.4) is 0 Å². The molecule has 0 spiro atoms. The number of nitro benzene ring substituents is 1.